The Hall–Kier alpha value is -1.22. The fraction of sp³-hybridized carbons (Fsp3) is 0.417. The summed E-state index contributed by atoms with van der Waals surface area (Å²) in [5.41, 5.74) is 1.02. The molecule has 4 heteroatoms. The molecule has 1 aliphatic heterocycles. The number of methoxy groups -OCH3 is 1. The van der Waals surface area contributed by atoms with Crippen molar-refractivity contribution in [1.82, 2.24) is 4.90 Å². The quantitative estimate of drug-likeness (QED) is 0.756. The molecule has 1 atom stereocenters. The molecule has 0 aliphatic carbocycles. The number of amides is 1. The molecule has 1 unspecified atom stereocenters. The zero-order valence-corrected chi connectivity index (χ0v) is 9.91. The molecule has 1 fully saturated rings. The maximum Gasteiger partial charge on any atom is 0.224 e. The molecule has 16 heavy (non-hydrogen) atoms. The van der Waals surface area contributed by atoms with Crippen LogP contribution in [0.3, 0.4) is 0 Å². The number of hydrogen-bond acceptors (Lipinski definition) is 2. The van der Waals surface area contributed by atoms with Crippen LogP contribution in [0.15, 0.2) is 24.3 Å². The zero-order valence-electron chi connectivity index (χ0n) is 9.15. The van der Waals surface area contributed by atoms with Crippen LogP contribution in [0, 0.1) is 0 Å². The van der Waals surface area contributed by atoms with Crippen molar-refractivity contribution in [1.29, 1.82) is 0 Å². The number of likely N-dealkylation sites (tertiary alicyclic amines) is 1. The van der Waals surface area contributed by atoms with Gasteiger partial charge in [0, 0.05) is 25.1 Å². The minimum atomic E-state index is -0.0535. The van der Waals surface area contributed by atoms with Crippen molar-refractivity contribution in [2.75, 3.05) is 13.7 Å². The Morgan fingerprint density at radius 1 is 1.50 bits per heavy atom. The molecule has 0 aromatic heterocycles. The van der Waals surface area contributed by atoms with Gasteiger partial charge in [0.05, 0.1) is 12.5 Å². The lowest BCUT2D eigenvalue weighted by Crippen LogP contribution is -2.24. The van der Waals surface area contributed by atoms with Crippen LogP contribution < -0.4 is 4.74 Å². The fourth-order valence-corrected chi connectivity index (χ4v) is 2.21. The molecule has 2 rings (SSSR count). The van der Waals surface area contributed by atoms with E-state index in [9.17, 15) is 4.79 Å². The Morgan fingerprint density at radius 3 is 2.88 bits per heavy atom. The van der Waals surface area contributed by atoms with Gasteiger partial charge in [0.2, 0.25) is 5.91 Å². The SMILES string of the molecule is COc1ccccc1CN1CC(Cl)CC1=O. The molecule has 0 spiro atoms. The molecule has 0 saturated carbocycles. The van der Waals surface area contributed by atoms with Gasteiger partial charge in [0.1, 0.15) is 5.75 Å². The van der Waals surface area contributed by atoms with Crippen molar-refractivity contribution in [2.45, 2.75) is 18.3 Å². The summed E-state index contributed by atoms with van der Waals surface area (Å²) < 4.78 is 5.25. The normalized spacial score (nSPS) is 20.2. The molecule has 1 heterocycles. The molecule has 1 amide bonds. The number of halogens is 1. The molecule has 1 aromatic carbocycles. The third-order valence-electron chi connectivity index (χ3n) is 2.72. The van der Waals surface area contributed by atoms with Crippen molar-refractivity contribution in [2.24, 2.45) is 0 Å². The van der Waals surface area contributed by atoms with Gasteiger partial charge < -0.3 is 9.64 Å². The van der Waals surface area contributed by atoms with Gasteiger partial charge in [0.15, 0.2) is 0 Å². The maximum absolute atomic E-state index is 11.6. The van der Waals surface area contributed by atoms with Crippen molar-refractivity contribution in [3.8, 4) is 5.75 Å². The first-order valence-electron chi connectivity index (χ1n) is 5.24. The molecular formula is C12H14ClNO2. The number of nitrogens with zero attached hydrogens (tertiary/aromatic N) is 1. The molecule has 86 valence electrons. The number of alkyl halides is 1. The van der Waals surface area contributed by atoms with Gasteiger partial charge in [-0.15, -0.1) is 11.6 Å². The van der Waals surface area contributed by atoms with E-state index in [1.165, 1.54) is 0 Å². The van der Waals surface area contributed by atoms with Crippen LogP contribution in [-0.2, 0) is 11.3 Å². The molecule has 0 bridgehead atoms. The second-order valence-electron chi connectivity index (χ2n) is 3.89. The summed E-state index contributed by atoms with van der Waals surface area (Å²) in [4.78, 5) is 13.4. The number of carbonyl (C=O) groups is 1. The average molecular weight is 240 g/mol. The van der Waals surface area contributed by atoms with Crippen LogP contribution in [0.25, 0.3) is 0 Å². The third kappa shape index (κ3) is 2.30. The van der Waals surface area contributed by atoms with Gasteiger partial charge >= 0.3 is 0 Å². The Balaban J connectivity index is 2.12. The van der Waals surface area contributed by atoms with Crippen LogP contribution in [0.2, 0.25) is 0 Å². The standard InChI is InChI=1S/C12H14ClNO2/c1-16-11-5-3-2-4-9(11)7-14-8-10(13)6-12(14)15/h2-5,10H,6-8H2,1H3. The highest BCUT2D eigenvalue weighted by Crippen LogP contribution is 2.23. The van der Waals surface area contributed by atoms with E-state index >= 15 is 0 Å². The molecule has 1 aromatic rings. The number of ether oxygens (including phenoxy) is 1. The van der Waals surface area contributed by atoms with Gasteiger partial charge in [-0.05, 0) is 6.07 Å². The summed E-state index contributed by atoms with van der Waals surface area (Å²) in [6.07, 6.45) is 0.441. The van der Waals surface area contributed by atoms with Gasteiger partial charge in [-0.2, -0.15) is 0 Å². The lowest BCUT2D eigenvalue weighted by molar-refractivity contribution is -0.128. The molecule has 0 radical (unpaired) electrons. The summed E-state index contributed by atoms with van der Waals surface area (Å²) in [6, 6.07) is 7.72. The van der Waals surface area contributed by atoms with E-state index in [0.717, 1.165) is 11.3 Å². The Bertz CT molecular complexity index is 394. The summed E-state index contributed by atoms with van der Waals surface area (Å²) >= 11 is 5.95. The first kappa shape index (κ1) is 11.3. The van der Waals surface area contributed by atoms with Gasteiger partial charge in [-0.3, -0.25) is 4.79 Å². The smallest absolute Gasteiger partial charge is 0.224 e. The van der Waals surface area contributed by atoms with Crippen molar-refractivity contribution < 1.29 is 9.53 Å². The lowest BCUT2D eigenvalue weighted by Gasteiger charge is -2.17. The van der Waals surface area contributed by atoms with E-state index in [2.05, 4.69) is 0 Å². The van der Waals surface area contributed by atoms with Gasteiger partial charge in [-0.25, -0.2) is 0 Å². The van der Waals surface area contributed by atoms with Crippen molar-refractivity contribution >= 4 is 17.5 Å². The fourth-order valence-electron chi connectivity index (χ4n) is 1.92. The molecule has 1 aliphatic rings. The lowest BCUT2D eigenvalue weighted by atomic mass is 10.2. The predicted octanol–water partition coefficient (Wildman–Crippen LogP) is 2.03. The van der Waals surface area contributed by atoms with Gasteiger partial charge in [0.25, 0.3) is 0 Å². The number of para-hydroxylation sites is 1. The molecule has 1 saturated heterocycles. The Morgan fingerprint density at radius 2 is 2.25 bits per heavy atom. The summed E-state index contributed by atoms with van der Waals surface area (Å²) in [5.74, 6) is 0.930. The van der Waals surface area contributed by atoms with E-state index < -0.39 is 0 Å². The highest BCUT2D eigenvalue weighted by molar-refractivity contribution is 6.22. The molecule has 0 N–H and O–H groups in total. The second kappa shape index (κ2) is 4.74. The van der Waals surface area contributed by atoms with E-state index in [4.69, 9.17) is 16.3 Å². The van der Waals surface area contributed by atoms with Crippen molar-refractivity contribution in [3.05, 3.63) is 29.8 Å². The van der Waals surface area contributed by atoms with Crippen LogP contribution in [0.5, 0.6) is 5.75 Å². The van der Waals surface area contributed by atoms with E-state index in [1.807, 2.05) is 24.3 Å². The number of hydrogen-bond donors (Lipinski definition) is 0. The summed E-state index contributed by atoms with van der Waals surface area (Å²) in [5, 5.41) is -0.0535. The minimum Gasteiger partial charge on any atom is -0.496 e. The Kier molecular flexibility index (Phi) is 3.34. The largest absolute Gasteiger partial charge is 0.496 e. The minimum absolute atomic E-state index is 0.0535. The van der Waals surface area contributed by atoms with Crippen LogP contribution >= 0.6 is 11.6 Å². The second-order valence-corrected chi connectivity index (χ2v) is 4.50. The zero-order chi connectivity index (χ0) is 11.5. The number of rotatable bonds is 3. The van der Waals surface area contributed by atoms with Crippen LogP contribution in [-0.4, -0.2) is 29.8 Å². The first-order chi connectivity index (χ1) is 7.70. The van der Waals surface area contributed by atoms with Crippen molar-refractivity contribution in [3.63, 3.8) is 0 Å². The topological polar surface area (TPSA) is 29.5 Å². The summed E-state index contributed by atoms with van der Waals surface area (Å²) in [7, 11) is 1.63. The third-order valence-corrected chi connectivity index (χ3v) is 3.01. The predicted molar refractivity (Wildman–Crippen MR) is 62.7 cm³/mol. The van der Waals surface area contributed by atoms with E-state index in [-0.39, 0.29) is 11.3 Å². The number of carbonyl (C=O) groups excluding carboxylic acids is 1. The van der Waals surface area contributed by atoms with E-state index in [0.29, 0.717) is 19.5 Å². The van der Waals surface area contributed by atoms with Gasteiger partial charge in [-0.1, -0.05) is 18.2 Å². The molecular weight excluding hydrogens is 226 g/mol. The highest BCUT2D eigenvalue weighted by Gasteiger charge is 2.28. The van der Waals surface area contributed by atoms with Crippen LogP contribution in [0.1, 0.15) is 12.0 Å². The summed E-state index contributed by atoms with van der Waals surface area (Å²) in [6.45, 7) is 1.20. The number of benzene rings is 1. The Labute approximate surface area is 100.0 Å². The maximum atomic E-state index is 11.6. The van der Waals surface area contributed by atoms with E-state index in [1.54, 1.807) is 12.0 Å². The van der Waals surface area contributed by atoms with Crippen LogP contribution in [0.4, 0.5) is 0 Å². The monoisotopic (exact) mass is 239 g/mol. The highest BCUT2D eigenvalue weighted by atomic mass is 35.5. The average Bonchev–Trinajstić information content (AvgIpc) is 2.58. The first-order valence-corrected chi connectivity index (χ1v) is 5.68. The molecule has 3 nitrogen and oxygen atoms in total.